The summed E-state index contributed by atoms with van der Waals surface area (Å²) in [5.74, 6) is -1.22. The number of hydrogen-bond donors (Lipinski definition) is 1. The van der Waals surface area contributed by atoms with Crippen molar-refractivity contribution in [1.29, 1.82) is 5.26 Å². The Morgan fingerprint density at radius 3 is 2.71 bits per heavy atom. The highest BCUT2D eigenvalue weighted by molar-refractivity contribution is 9.10. The molecular formula is C14H6BrF2N3S. The summed E-state index contributed by atoms with van der Waals surface area (Å²) in [5.41, 5.74) is 1.38. The fourth-order valence-electron chi connectivity index (χ4n) is 2.15. The van der Waals surface area contributed by atoms with Gasteiger partial charge in [0.1, 0.15) is 17.7 Å². The first-order valence-corrected chi connectivity index (χ1v) is 7.02. The van der Waals surface area contributed by atoms with Crippen molar-refractivity contribution in [3.8, 4) is 11.8 Å². The monoisotopic (exact) mass is 365 g/mol. The topological polar surface area (TPSA) is 44.5 Å². The summed E-state index contributed by atoms with van der Waals surface area (Å²) in [6.07, 6.45) is 0. The van der Waals surface area contributed by atoms with Gasteiger partial charge in [-0.05, 0) is 46.3 Å². The van der Waals surface area contributed by atoms with Gasteiger partial charge in [0.25, 0.3) is 0 Å². The van der Waals surface area contributed by atoms with E-state index in [0.717, 1.165) is 12.1 Å². The first-order valence-electron chi connectivity index (χ1n) is 5.81. The van der Waals surface area contributed by atoms with Crippen LogP contribution in [0.5, 0.6) is 0 Å². The number of nitrogens with zero attached hydrogens (tertiary/aromatic N) is 2. The normalized spacial score (nSPS) is 10.8. The number of aromatic nitrogens is 2. The predicted octanol–water partition coefficient (Wildman–Crippen LogP) is 4.60. The van der Waals surface area contributed by atoms with Gasteiger partial charge in [0.2, 0.25) is 0 Å². The van der Waals surface area contributed by atoms with Crippen LogP contribution in [-0.4, -0.2) is 9.55 Å². The van der Waals surface area contributed by atoms with Gasteiger partial charge in [-0.1, -0.05) is 6.07 Å². The Labute approximate surface area is 131 Å². The quantitative estimate of drug-likeness (QED) is 0.505. The molecule has 0 spiro atoms. The molecule has 0 amide bonds. The Morgan fingerprint density at radius 1 is 1.24 bits per heavy atom. The van der Waals surface area contributed by atoms with Crippen molar-refractivity contribution < 1.29 is 8.78 Å². The number of para-hydroxylation sites is 1. The molecule has 3 nitrogen and oxygen atoms in total. The Morgan fingerprint density at radius 2 is 2.00 bits per heavy atom. The van der Waals surface area contributed by atoms with Crippen LogP contribution >= 0.6 is 28.1 Å². The standard InChI is InChI=1S/C14H6BrF2N3S/c15-8-4-10(17)12(5-9(8)16)20-11-3-1-2-7(6-18)13(11)19-14(20)21/h1-5H,(H,19,21). The molecule has 1 heterocycles. The van der Waals surface area contributed by atoms with Crippen LogP contribution in [0.2, 0.25) is 0 Å². The van der Waals surface area contributed by atoms with E-state index in [2.05, 4.69) is 20.9 Å². The minimum atomic E-state index is -0.623. The SMILES string of the molecule is N#Cc1cccc2c1[nH]c(=S)n2-c1cc(F)c(Br)cc1F. The summed E-state index contributed by atoms with van der Waals surface area (Å²) in [5, 5.41) is 9.09. The lowest BCUT2D eigenvalue weighted by molar-refractivity contribution is 0.588. The molecule has 7 heteroatoms. The molecule has 0 aliphatic rings. The van der Waals surface area contributed by atoms with Crippen molar-refractivity contribution in [2.45, 2.75) is 0 Å². The van der Waals surface area contributed by atoms with Crippen LogP contribution in [0, 0.1) is 27.7 Å². The average molecular weight is 366 g/mol. The molecule has 1 N–H and O–H groups in total. The van der Waals surface area contributed by atoms with Crippen LogP contribution in [0.25, 0.3) is 16.7 Å². The smallest absolute Gasteiger partial charge is 0.182 e. The second kappa shape index (κ2) is 5.06. The summed E-state index contributed by atoms with van der Waals surface area (Å²) >= 11 is 8.11. The molecule has 0 saturated carbocycles. The van der Waals surface area contributed by atoms with E-state index < -0.39 is 11.6 Å². The van der Waals surface area contributed by atoms with E-state index in [1.54, 1.807) is 18.2 Å². The highest BCUT2D eigenvalue weighted by Crippen LogP contribution is 2.27. The number of hydrogen-bond acceptors (Lipinski definition) is 2. The molecule has 0 radical (unpaired) electrons. The average Bonchev–Trinajstić information content (AvgIpc) is 2.79. The fraction of sp³-hybridized carbons (Fsp3) is 0. The highest BCUT2D eigenvalue weighted by atomic mass is 79.9. The minimum Gasteiger partial charge on any atom is -0.329 e. The van der Waals surface area contributed by atoms with Crippen molar-refractivity contribution in [1.82, 2.24) is 9.55 Å². The molecule has 3 rings (SSSR count). The number of aromatic amines is 1. The van der Waals surface area contributed by atoms with Crippen LogP contribution in [-0.2, 0) is 0 Å². The maximum absolute atomic E-state index is 14.1. The molecule has 0 aliphatic heterocycles. The zero-order valence-electron chi connectivity index (χ0n) is 10.3. The summed E-state index contributed by atoms with van der Waals surface area (Å²) in [6, 6.07) is 9.09. The molecular weight excluding hydrogens is 360 g/mol. The molecule has 0 atom stereocenters. The molecule has 21 heavy (non-hydrogen) atoms. The summed E-state index contributed by atoms with van der Waals surface area (Å²) in [7, 11) is 0. The number of nitriles is 1. The second-order valence-electron chi connectivity index (χ2n) is 4.29. The van der Waals surface area contributed by atoms with Gasteiger partial charge in [0.05, 0.1) is 26.8 Å². The molecule has 0 saturated heterocycles. The van der Waals surface area contributed by atoms with E-state index in [0.29, 0.717) is 16.6 Å². The molecule has 0 unspecified atom stereocenters. The number of fused-ring (bicyclic) bond motifs is 1. The van der Waals surface area contributed by atoms with Crippen molar-refractivity contribution in [3.63, 3.8) is 0 Å². The van der Waals surface area contributed by atoms with E-state index in [4.69, 9.17) is 17.5 Å². The number of rotatable bonds is 1. The molecule has 0 fully saturated rings. The van der Waals surface area contributed by atoms with Crippen molar-refractivity contribution in [3.05, 3.63) is 56.8 Å². The van der Waals surface area contributed by atoms with Gasteiger partial charge in [0.15, 0.2) is 4.77 Å². The third kappa shape index (κ3) is 2.17. The largest absolute Gasteiger partial charge is 0.329 e. The lowest BCUT2D eigenvalue weighted by Crippen LogP contribution is -1.99. The molecule has 0 bridgehead atoms. The van der Waals surface area contributed by atoms with Gasteiger partial charge in [-0.25, -0.2) is 8.78 Å². The molecule has 1 aromatic heterocycles. The third-order valence-electron chi connectivity index (χ3n) is 3.07. The van der Waals surface area contributed by atoms with Gasteiger partial charge in [-0.3, -0.25) is 4.57 Å². The number of halogens is 3. The lowest BCUT2D eigenvalue weighted by atomic mass is 10.2. The third-order valence-corrected chi connectivity index (χ3v) is 3.96. The first kappa shape index (κ1) is 13.9. The van der Waals surface area contributed by atoms with Crippen molar-refractivity contribution in [2.24, 2.45) is 0 Å². The van der Waals surface area contributed by atoms with Gasteiger partial charge < -0.3 is 4.98 Å². The van der Waals surface area contributed by atoms with E-state index >= 15 is 0 Å². The fourth-order valence-corrected chi connectivity index (χ4v) is 2.76. The van der Waals surface area contributed by atoms with Crippen LogP contribution in [0.1, 0.15) is 5.56 Å². The Hall–Kier alpha value is -2.04. The summed E-state index contributed by atoms with van der Waals surface area (Å²) < 4.78 is 29.4. The second-order valence-corrected chi connectivity index (χ2v) is 5.54. The van der Waals surface area contributed by atoms with Gasteiger partial charge in [-0.2, -0.15) is 5.26 Å². The number of imidazole rings is 1. The summed E-state index contributed by atoms with van der Waals surface area (Å²) in [4.78, 5) is 2.86. The maximum atomic E-state index is 14.1. The van der Waals surface area contributed by atoms with E-state index in [1.807, 2.05) is 6.07 Å². The Kier molecular flexibility index (Phi) is 3.35. The van der Waals surface area contributed by atoms with E-state index in [-0.39, 0.29) is 14.9 Å². The molecule has 3 aromatic rings. The van der Waals surface area contributed by atoms with Crippen LogP contribution in [0.3, 0.4) is 0 Å². The zero-order valence-corrected chi connectivity index (χ0v) is 12.7. The maximum Gasteiger partial charge on any atom is 0.182 e. The van der Waals surface area contributed by atoms with Crippen molar-refractivity contribution in [2.75, 3.05) is 0 Å². The summed E-state index contributed by atoms with van der Waals surface area (Å²) in [6.45, 7) is 0. The predicted molar refractivity (Wildman–Crippen MR) is 80.8 cm³/mol. The number of H-pyrrole nitrogens is 1. The molecule has 104 valence electrons. The van der Waals surface area contributed by atoms with Crippen LogP contribution < -0.4 is 0 Å². The Bertz CT molecular complexity index is 969. The lowest BCUT2D eigenvalue weighted by Gasteiger charge is -2.07. The highest BCUT2D eigenvalue weighted by Gasteiger charge is 2.15. The van der Waals surface area contributed by atoms with Gasteiger partial charge >= 0.3 is 0 Å². The number of nitrogens with one attached hydrogen (secondary N) is 1. The van der Waals surface area contributed by atoms with E-state index in [1.165, 1.54) is 4.57 Å². The van der Waals surface area contributed by atoms with Gasteiger partial charge in [0, 0.05) is 6.07 Å². The minimum absolute atomic E-state index is 0.0120. The first-order chi connectivity index (χ1) is 10.0. The molecule has 2 aromatic carbocycles. The zero-order chi connectivity index (χ0) is 15.1. The van der Waals surface area contributed by atoms with Crippen LogP contribution in [0.4, 0.5) is 8.78 Å². The molecule has 0 aliphatic carbocycles. The Balaban J connectivity index is 2.42. The number of benzene rings is 2. The van der Waals surface area contributed by atoms with E-state index in [9.17, 15) is 8.78 Å². The van der Waals surface area contributed by atoms with Gasteiger partial charge in [-0.15, -0.1) is 0 Å². The van der Waals surface area contributed by atoms with Crippen molar-refractivity contribution >= 4 is 39.2 Å². The van der Waals surface area contributed by atoms with Crippen LogP contribution in [0.15, 0.2) is 34.8 Å².